The Kier molecular flexibility index (Phi) is 7.28. The van der Waals surface area contributed by atoms with E-state index < -0.39 is 79.5 Å². The summed E-state index contributed by atoms with van der Waals surface area (Å²) in [5.74, 6) is -1.39. The lowest BCUT2D eigenvalue weighted by Gasteiger charge is -2.43. The first-order valence-corrected chi connectivity index (χ1v) is 11.4. The zero-order valence-corrected chi connectivity index (χ0v) is 19.0. The number of carbonyl (C=O) groups excluding carboxylic acids is 1. The number of esters is 1. The molecular formula is C21H34O13. The van der Waals surface area contributed by atoms with Crippen LogP contribution in [0.5, 0.6) is 0 Å². The second-order valence-electron chi connectivity index (χ2n) is 10.0. The van der Waals surface area contributed by atoms with Gasteiger partial charge in [-0.25, -0.2) is 0 Å². The topological polar surface area (TPSA) is 205 Å². The van der Waals surface area contributed by atoms with Crippen molar-refractivity contribution < 1.29 is 64.2 Å². The van der Waals surface area contributed by atoms with Crippen LogP contribution in [0.3, 0.4) is 0 Å². The molecule has 7 N–H and O–H groups in total. The normalized spacial score (nSPS) is 53.6. The third kappa shape index (κ3) is 4.37. The maximum Gasteiger partial charge on any atom is 0.308 e. The van der Waals surface area contributed by atoms with Crippen LogP contribution in [0.2, 0.25) is 0 Å². The van der Waals surface area contributed by atoms with Gasteiger partial charge in [-0.1, -0.05) is 6.92 Å². The van der Waals surface area contributed by atoms with Gasteiger partial charge in [0.2, 0.25) is 0 Å². The van der Waals surface area contributed by atoms with Crippen molar-refractivity contribution in [1.82, 2.24) is 0 Å². The summed E-state index contributed by atoms with van der Waals surface area (Å²) in [6.07, 6.45) is -11.0. The van der Waals surface area contributed by atoms with Crippen LogP contribution in [0.4, 0.5) is 0 Å². The van der Waals surface area contributed by atoms with Crippen LogP contribution in [0.1, 0.15) is 20.3 Å². The van der Waals surface area contributed by atoms with Crippen molar-refractivity contribution in [1.29, 1.82) is 0 Å². The Labute approximate surface area is 195 Å². The first-order valence-electron chi connectivity index (χ1n) is 11.4. The van der Waals surface area contributed by atoms with Crippen LogP contribution in [-0.2, 0) is 28.5 Å². The highest BCUT2D eigenvalue weighted by Crippen LogP contribution is 2.48. The van der Waals surface area contributed by atoms with Gasteiger partial charge in [-0.05, 0) is 19.3 Å². The summed E-state index contributed by atoms with van der Waals surface area (Å²) in [6, 6.07) is 0. The molecule has 13 nitrogen and oxygen atoms in total. The Morgan fingerprint density at radius 2 is 1.79 bits per heavy atom. The number of carbonyl (C=O) groups is 1. The molecule has 3 heterocycles. The smallest absolute Gasteiger partial charge is 0.308 e. The molecule has 3 saturated heterocycles. The fraction of sp³-hybridized carbons (Fsp3) is 0.952. The first-order chi connectivity index (χ1) is 15.9. The molecule has 0 aromatic heterocycles. The number of hydrogen-bond donors (Lipinski definition) is 7. The molecule has 4 aliphatic rings. The standard InChI is InChI=1S/C21H34O13/c1-8-9-3-12(20(2,28)10(9)4-30-17(8)27)34-18-15(25)14(24)13(23)11(33-18)5-31-19-16(26)21(29,6-22)7-32-19/h8-16,18-19,22-26,28-29H,3-7H2,1-2H3/t8-,9-,10+,11-,12+,13-,14+,15-,16+,18+,19-,20+,21-/m1/s1. The zero-order chi connectivity index (χ0) is 25.0. The van der Waals surface area contributed by atoms with Gasteiger partial charge in [-0.3, -0.25) is 4.79 Å². The molecule has 196 valence electrons. The van der Waals surface area contributed by atoms with Crippen molar-refractivity contribution in [3.05, 3.63) is 0 Å². The predicted octanol–water partition coefficient (Wildman–Crippen LogP) is -3.78. The fourth-order valence-corrected chi connectivity index (χ4v) is 5.29. The molecule has 34 heavy (non-hydrogen) atoms. The third-order valence-corrected chi connectivity index (χ3v) is 7.80. The van der Waals surface area contributed by atoms with E-state index in [1.165, 1.54) is 0 Å². The second-order valence-corrected chi connectivity index (χ2v) is 10.0. The van der Waals surface area contributed by atoms with E-state index in [0.717, 1.165) is 0 Å². The molecule has 0 spiro atoms. The number of cyclic esters (lactones) is 1. The molecule has 4 rings (SSSR count). The van der Waals surface area contributed by atoms with Crippen molar-refractivity contribution in [2.45, 2.75) is 80.7 Å². The number of rotatable bonds is 6. The van der Waals surface area contributed by atoms with Gasteiger partial charge >= 0.3 is 5.97 Å². The van der Waals surface area contributed by atoms with Crippen molar-refractivity contribution in [3.8, 4) is 0 Å². The lowest BCUT2D eigenvalue weighted by Crippen LogP contribution is -2.61. The van der Waals surface area contributed by atoms with Crippen LogP contribution in [0.15, 0.2) is 0 Å². The summed E-state index contributed by atoms with van der Waals surface area (Å²) in [5, 5.41) is 71.6. The minimum absolute atomic E-state index is 0.0382. The first kappa shape index (κ1) is 26.1. The number of aliphatic hydroxyl groups excluding tert-OH is 5. The molecule has 0 bridgehead atoms. The van der Waals surface area contributed by atoms with E-state index in [9.17, 15) is 40.5 Å². The average Bonchev–Trinajstić information content (AvgIpc) is 3.23. The second kappa shape index (κ2) is 9.48. The molecule has 3 aliphatic heterocycles. The van der Waals surface area contributed by atoms with E-state index in [-0.39, 0.29) is 31.0 Å². The van der Waals surface area contributed by atoms with Gasteiger partial charge < -0.3 is 59.4 Å². The SMILES string of the molecule is C[C@H]1C(=O)OC[C@H]2[C@@H]1C[C@H](O[C@@H]1O[C@H](CO[C@@H]3OC[C@](O)(CO)[C@H]3O)[C@@H](O)[C@H](O)[C@H]1O)[C@@]2(C)O. The third-order valence-electron chi connectivity index (χ3n) is 7.80. The number of ether oxygens (including phenoxy) is 5. The Bertz CT molecular complexity index is 748. The molecule has 0 aromatic rings. The summed E-state index contributed by atoms with van der Waals surface area (Å²) in [5.41, 5.74) is -3.31. The Morgan fingerprint density at radius 1 is 1.09 bits per heavy atom. The van der Waals surface area contributed by atoms with Crippen LogP contribution in [0, 0.1) is 17.8 Å². The van der Waals surface area contributed by atoms with Gasteiger partial charge in [0, 0.05) is 5.92 Å². The highest BCUT2D eigenvalue weighted by atomic mass is 16.7. The summed E-state index contributed by atoms with van der Waals surface area (Å²) >= 11 is 0. The van der Waals surface area contributed by atoms with Gasteiger partial charge in [-0.2, -0.15) is 0 Å². The minimum atomic E-state index is -1.90. The molecule has 0 amide bonds. The maximum atomic E-state index is 11.9. The lowest BCUT2D eigenvalue weighted by molar-refractivity contribution is -0.327. The van der Waals surface area contributed by atoms with E-state index in [2.05, 4.69) is 0 Å². The Balaban J connectivity index is 1.41. The van der Waals surface area contributed by atoms with E-state index in [1.807, 2.05) is 0 Å². The molecule has 4 fully saturated rings. The molecule has 13 heteroatoms. The van der Waals surface area contributed by atoms with Crippen LogP contribution in [0.25, 0.3) is 0 Å². The van der Waals surface area contributed by atoms with Crippen LogP contribution >= 0.6 is 0 Å². The van der Waals surface area contributed by atoms with E-state index >= 15 is 0 Å². The van der Waals surface area contributed by atoms with Gasteiger partial charge in [0.1, 0.15) is 36.1 Å². The summed E-state index contributed by atoms with van der Waals surface area (Å²) in [4.78, 5) is 11.9. The van der Waals surface area contributed by atoms with Crippen molar-refractivity contribution >= 4 is 5.97 Å². The molecular weight excluding hydrogens is 460 g/mol. The van der Waals surface area contributed by atoms with Gasteiger partial charge in [0.25, 0.3) is 0 Å². The van der Waals surface area contributed by atoms with Crippen LogP contribution in [-0.4, -0.2) is 129 Å². The largest absolute Gasteiger partial charge is 0.465 e. The predicted molar refractivity (Wildman–Crippen MR) is 108 cm³/mol. The van der Waals surface area contributed by atoms with E-state index in [0.29, 0.717) is 6.42 Å². The summed E-state index contributed by atoms with van der Waals surface area (Å²) in [7, 11) is 0. The van der Waals surface area contributed by atoms with Crippen molar-refractivity contribution in [2.24, 2.45) is 17.8 Å². The van der Waals surface area contributed by atoms with E-state index in [1.54, 1.807) is 13.8 Å². The monoisotopic (exact) mass is 494 g/mol. The van der Waals surface area contributed by atoms with Crippen molar-refractivity contribution in [3.63, 3.8) is 0 Å². The molecule has 0 radical (unpaired) electrons. The average molecular weight is 494 g/mol. The van der Waals surface area contributed by atoms with Gasteiger partial charge in [-0.15, -0.1) is 0 Å². The summed E-state index contributed by atoms with van der Waals surface area (Å²) in [6.45, 7) is 1.76. The quantitative estimate of drug-likeness (QED) is 0.177. The maximum absolute atomic E-state index is 11.9. The fourth-order valence-electron chi connectivity index (χ4n) is 5.29. The Hall–Kier alpha value is -0.970. The van der Waals surface area contributed by atoms with Crippen LogP contribution < -0.4 is 0 Å². The van der Waals surface area contributed by atoms with E-state index in [4.69, 9.17) is 23.7 Å². The van der Waals surface area contributed by atoms with Gasteiger partial charge in [0.05, 0.1) is 44.1 Å². The molecule has 0 unspecified atom stereocenters. The number of fused-ring (bicyclic) bond motifs is 1. The molecule has 13 atom stereocenters. The van der Waals surface area contributed by atoms with Gasteiger partial charge in [0.15, 0.2) is 12.6 Å². The Morgan fingerprint density at radius 3 is 2.44 bits per heavy atom. The summed E-state index contributed by atoms with van der Waals surface area (Å²) < 4.78 is 27.2. The molecule has 1 saturated carbocycles. The molecule has 0 aromatic carbocycles. The van der Waals surface area contributed by atoms with Crippen molar-refractivity contribution in [2.75, 3.05) is 26.4 Å². The minimum Gasteiger partial charge on any atom is -0.465 e. The highest BCUT2D eigenvalue weighted by Gasteiger charge is 2.58. The highest BCUT2D eigenvalue weighted by molar-refractivity contribution is 5.73. The molecule has 1 aliphatic carbocycles. The number of hydrogen-bond acceptors (Lipinski definition) is 13. The lowest BCUT2D eigenvalue weighted by atomic mass is 9.79. The number of aliphatic hydroxyl groups is 7. The zero-order valence-electron chi connectivity index (χ0n) is 19.0.